The average molecular weight is 486 g/mol. The lowest BCUT2D eigenvalue weighted by molar-refractivity contribution is -0.139. The number of nitrogens with zero attached hydrogens (tertiary/aromatic N) is 4. The number of urea groups is 1. The Labute approximate surface area is 203 Å². The van der Waals surface area contributed by atoms with Crippen molar-refractivity contribution in [2.24, 2.45) is 0 Å². The van der Waals surface area contributed by atoms with E-state index in [9.17, 15) is 9.59 Å². The monoisotopic (exact) mass is 485 g/mol. The second-order valence-electron chi connectivity index (χ2n) is 8.70. The van der Waals surface area contributed by atoms with Crippen molar-refractivity contribution >= 4 is 29.2 Å². The van der Waals surface area contributed by atoms with E-state index in [0.29, 0.717) is 16.5 Å². The Balaban J connectivity index is 1.44. The van der Waals surface area contributed by atoms with Crippen LogP contribution in [-0.2, 0) is 11.3 Å². The third-order valence-corrected chi connectivity index (χ3v) is 7.07. The molecule has 3 heterocycles. The van der Waals surface area contributed by atoms with E-state index in [2.05, 4.69) is 15.1 Å². The molecule has 2 aromatic rings. The summed E-state index contributed by atoms with van der Waals surface area (Å²) >= 11 is 6.00. The normalized spacial score (nSPS) is 24.8. The van der Waals surface area contributed by atoms with Gasteiger partial charge in [0.25, 0.3) is 5.91 Å². The Bertz CT molecular complexity index is 1100. The van der Waals surface area contributed by atoms with Gasteiger partial charge in [-0.3, -0.25) is 19.9 Å². The van der Waals surface area contributed by atoms with Crippen LogP contribution < -0.4 is 19.7 Å². The lowest BCUT2D eigenvalue weighted by Gasteiger charge is -2.44. The number of ether oxygens (including phenoxy) is 2. The predicted molar refractivity (Wildman–Crippen MR) is 128 cm³/mol. The number of methoxy groups -OCH3 is 2. The predicted octanol–water partition coefficient (Wildman–Crippen LogP) is 2.55. The van der Waals surface area contributed by atoms with Gasteiger partial charge in [-0.25, -0.2) is 4.79 Å². The van der Waals surface area contributed by atoms with Gasteiger partial charge in [-0.15, -0.1) is 0 Å². The zero-order valence-corrected chi connectivity index (χ0v) is 20.2. The first-order valence-corrected chi connectivity index (χ1v) is 11.6. The second kappa shape index (κ2) is 8.98. The standard InChI is InChI=1S/C24H28ClN5O4/c1-27-21-20(22(31)30(24(27)32)14-15-5-7-16(25)8-6-15)29-12-4-11-28(23(29)26-21)18-10-9-17(33-2)13-19(18)34-3/h5-10,13,20-21,23,26H,4,11-12,14H2,1-3H3. The minimum absolute atomic E-state index is 0.193. The van der Waals surface area contributed by atoms with E-state index in [1.165, 1.54) is 4.90 Å². The van der Waals surface area contributed by atoms with Gasteiger partial charge in [-0.05, 0) is 36.2 Å². The van der Waals surface area contributed by atoms with E-state index >= 15 is 0 Å². The van der Waals surface area contributed by atoms with Crippen LogP contribution in [0.2, 0.25) is 5.02 Å². The van der Waals surface area contributed by atoms with Crippen LogP contribution in [0.4, 0.5) is 10.5 Å². The summed E-state index contributed by atoms with van der Waals surface area (Å²) in [6.45, 7) is 1.74. The molecule has 3 aliphatic rings. The lowest BCUT2D eigenvalue weighted by Crippen LogP contribution is -2.66. The zero-order valence-electron chi connectivity index (χ0n) is 19.4. The Hall–Kier alpha value is -3.01. The summed E-state index contributed by atoms with van der Waals surface area (Å²) in [5.41, 5.74) is 1.76. The molecule has 34 heavy (non-hydrogen) atoms. The number of carbonyl (C=O) groups is 2. The molecule has 3 saturated heterocycles. The van der Waals surface area contributed by atoms with Crippen LogP contribution in [0.5, 0.6) is 11.5 Å². The largest absolute Gasteiger partial charge is 0.497 e. The number of halogens is 1. The van der Waals surface area contributed by atoms with Gasteiger partial charge >= 0.3 is 6.03 Å². The number of fused-ring (bicyclic) bond motifs is 3. The SMILES string of the molecule is COc1ccc(N2CCCN3C4C(=O)N(Cc5ccc(Cl)cc5)C(=O)N(C)C4NC23)c(OC)c1. The third-order valence-electron chi connectivity index (χ3n) is 6.82. The highest BCUT2D eigenvalue weighted by molar-refractivity contribution is 6.30. The summed E-state index contributed by atoms with van der Waals surface area (Å²) in [5.74, 6) is 1.21. The van der Waals surface area contributed by atoms with Crippen molar-refractivity contribution in [3.05, 3.63) is 53.1 Å². The fourth-order valence-electron chi connectivity index (χ4n) is 5.11. The van der Waals surface area contributed by atoms with Crippen molar-refractivity contribution < 1.29 is 19.1 Å². The number of hydrogen-bond donors (Lipinski definition) is 1. The summed E-state index contributed by atoms with van der Waals surface area (Å²) in [5, 5.41) is 4.14. The van der Waals surface area contributed by atoms with Crippen molar-refractivity contribution in [2.75, 3.05) is 39.3 Å². The second-order valence-corrected chi connectivity index (χ2v) is 9.13. The summed E-state index contributed by atoms with van der Waals surface area (Å²) in [4.78, 5) is 34.1. The summed E-state index contributed by atoms with van der Waals surface area (Å²) in [6, 6.07) is 12.1. The Morgan fingerprint density at radius 2 is 1.82 bits per heavy atom. The fourth-order valence-corrected chi connectivity index (χ4v) is 5.23. The van der Waals surface area contributed by atoms with E-state index in [4.69, 9.17) is 21.1 Å². The third kappa shape index (κ3) is 3.73. The van der Waals surface area contributed by atoms with Crippen molar-refractivity contribution in [3.63, 3.8) is 0 Å². The van der Waals surface area contributed by atoms with Crippen LogP contribution in [0.25, 0.3) is 0 Å². The van der Waals surface area contributed by atoms with Crippen molar-refractivity contribution in [2.45, 2.75) is 31.5 Å². The van der Waals surface area contributed by atoms with E-state index in [-0.39, 0.29) is 24.8 Å². The van der Waals surface area contributed by atoms with Crippen LogP contribution in [0, 0.1) is 0 Å². The molecule has 0 bridgehead atoms. The smallest absolute Gasteiger partial charge is 0.328 e. The highest BCUT2D eigenvalue weighted by atomic mass is 35.5. The lowest BCUT2D eigenvalue weighted by atomic mass is 10.1. The minimum atomic E-state index is -0.480. The van der Waals surface area contributed by atoms with Crippen molar-refractivity contribution in [3.8, 4) is 11.5 Å². The fraction of sp³-hybridized carbons (Fsp3) is 0.417. The minimum Gasteiger partial charge on any atom is -0.497 e. The molecule has 0 aromatic heterocycles. The molecule has 10 heteroatoms. The van der Waals surface area contributed by atoms with Gasteiger partial charge in [0, 0.05) is 31.2 Å². The van der Waals surface area contributed by atoms with E-state index in [1.807, 2.05) is 30.3 Å². The van der Waals surface area contributed by atoms with Gasteiger partial charge in [-0.2, -0.15) is 0 Å². The molecule has 3 atom stereocenters. The van der Waals surface area contributed by atoms with Crippen molar-refractivity contribution in [1.82, 2.24) is 20.0 Å². The van der Waals surface area contributed by atoms with Crippen LogP contribution in [-0.4, -0.2) is 79.5 Å². The topological polar surface area (TPSA) is 77.6 Å². The molecule has 3 amide bonds. The number of rotatable bonds is 5. The maximum Gasteiger partial charge on any atom is 0.328 e. The number of imide groups is 1. The molecule has 3 aliphatic heterocycles. The quantitative estimate of drug-likeness (QED) is 0.697. The molecule has 1 N–H and O–H groups in total. The highest BCUT2D eigenvalue weighted by Crippen LogP contribution is 2.38. The van der Waals surface area contributed by atoms with Gasteiger partial charge < -0.3 is 19.3 Å². The van der Waals surface area contributed by atoms with Gasteiger partial charge in [-0.1, -0.05) is 23.7 Å². The summed E-state index contributed by atoms with van der Waals surface area (Å²) in [6.07, 6.45) is 0.204. The first kappa shape index (κ1) is 22.8. The summed E-state index contributed by atoms with van der Waals surface area (Å²) in [7, 11) is 4.99. The number of hydrogen-bond acceptors (Lipinski definition) is 7. The molecule has 0 saturated carbocycles. The first-order valence-electron chi connectivity index (χ1n) is 11.3. The molecule has 2 aromatic carbocycles. The van der Waals surface area contributed by atoms with Gasteiger partial charge in [0.15, 0.2) is 0 Å². The molecule has 180 valence electrons. The molecule has 0 radical (unpaired) electrons. The first-order chi connectivity index (χ1) is 16.4. The molecule has 5 rings (SSSR count). The molecule has 0 aliphatic carbocycles. The van der Waals surface area contributed by atoms with Crippen LogP contribution in [0.1, 0.15) is 12.0 Å². The van der Waals surface area contributed by atoms with E-state index < -0.39 is 12.2 Å². The van der Waals surface area contributed by atoms with Crippen LogP contribution in [0.3, 0.4) is 0 Å². The molecular formula is C24H28ClN5O4. The molecule has 3 fully saturated rings. The van der Waals surface area contributed by atoms with E-state index in [1.54, 1.807) is 38.3 Å². The zero-order chi connectivity index (χ0) is 24.0. The van der Waals surface area contributed by atoms with Gasteiger partial charge in [0.2, 0.25) is 0 Å². The average Bonchev–Trinajstić information content (AvgIpc) is 3.26. The van der Waals surface area contributed by atoms with Gasteiger partial charge in [0.05, 0.1) is 26.5 Å². The maximum atomic E-state index is 13.6. The Morgan fingerprint density at radius 1 is 1.06 bits per heavy atom. The van der Waals surface area contributed by atoms with Crippen LogP contribution in [0.15, 0.2) is 42.5 Å². The highest BCUT2D eigenvalue weighted by Gasteiger charge is 2.56. The van der Waals surface area contributed by atoms with Crippen molar-refractivity contribution in [1.29, 1.82) is 0 Å². The Kier molecular flexibility index (Phi) is 6.01. The van der Waals surface area contributed by atoms with Gasteiger partial charge in [0.1, 0.15) is 30.0 Å². The number of benzene rings is 2. The van der Waals surface area contributed by atoms with Crippen LogP contribution >= 0.6 is 11.6 Å². The summed E-state index contributed by atoms with van der Waals surface area (Å²) < 4.78 is 11.0. The number of likely N-dealkylation sites (N-methyl/N-ethyl adjacent to an activating group) is 1. The molecular weight excluding hydrogens is 458 g/mol. The Morgan fingerprint density at radius 3 is 2.53 bits per heavy atom. The maximum absolute atomic E-state index is 13.6. The molecule has 9 nitrogen and oxygen atoms in total. The molecule has 0 spiro atoms. The number of amides is 3. The molecule has 3 unspecified atom stereocenters. The number of anilines is 1. The van der Waals surface area contributed by atoms with E-state index in [0.717, 1.165) is 30.8 Å². The number of nitrogens with one attached hydrogen (secondary N) is 1. The number of carbonyl (C=O) groups excluding carboxylic acids is 2.